The molecule has 2 aromatic carbocycles. The molecule has 1 heterocycles. The summed E-state index contributed by atoms with van der Waals surface area (Å²) in [6.45, 7) is 1.08. The third kappa shape index (κ3) is 6.50. The van der Waals surface area contributed by atoms with Crippen LogP contribution in [0, 0.1) is 18.6 Å². The van der Waals surface area contributed by atoms with Crippen molar-refractivity contribution in [3.63, 3.8) is 0 Å². The second-order valence-corrected chi connectivity index (χ2v) is 9.49. The molecule has 0 aliphatic rings. The number of benzene rings is 2. The lowest BCUT2D eigenvalue weighted by molar-refractivity contribution is -0.137. The van der Waals surface area contributed by atoms with Crippen molar-refractivity contribution >= 4 is 35.2 Å². The Bertz CT molecular complexity index is 1430. The van der Waals surface area contributed by atoms with E-state index in [-0.39, 0.29) is 40.3 Å². The van der Waals surface area contributed by atoms with Crippen LogP contribution in [0.4, 0.5) is 8.78 Å². The van der Waals surface area contributed by atoms with E-state index in [1.807, 2.05) is 0 Å². The lowest BCUT2D eigenvalue weighted by Gasteiger charge is -2.18. The number of hydrogen-bond donors (Lipinski definition) is 2. The fourth-order valence-corrected chi connectivity index (χ4v) is 4.08. The number of aliphatic hydroxyl groups excluding tert-OH is 1. The van der Waals surface area contributed by atoms with Gasteiger partial charge in [0.15, 0.2) is 10.2 Å². The molecule has 13 heteroatoms. The summed E-state index contributed by atoms with van der Waals surface area (Å²) in [6.07, 6.45) is 0.258. The smallest absolute Gasteiger partial charge is 0.281 e. The second-order valence-electron chi connectivity index (χ2n) is 8.34. The Morgan fingerprint density at radius 2 is 1.95 bits per heavy atom. The van der Waals surface area contributed by atoms with Gasteiger partial charge in [-0.15, -0.1) is 0 Å². The summed E-state index contributed by atoms with van der Waals surface area (Å²) in [7, 11) is 2.97. The Balaban J connectivity index is 1.91. The number of halogens is 3. The number of nitrogens with one attached hydrogen (secondary N) is 1. The minimum Gasteiger partial charge on any atom is -0.471 e. The predicted octanol–water partition coefficient (Wildman–Crippen LogP) is 2.95. The first-order valence-electron chi connectivity index (χ1n) is 11.2. The summed E-state index contributed by atoms with van der Waals surface area (Å²) in [5, 5.41) is 12.2. The SMILES string of the molecule is CSc1nc(OCc2ccc(F)cc2F)c(Cl)c(=O)n1-c1cc(C(=O)NC[C@H](O)C(=O)N(C)C)ccc1C. The van der Waals surface area contributed by atoms with Crippen LogP contribution in [0.5, 0.6) is 5.88 Å². The zero-order valence-electron chi connectivity index (χ0n) is 20.9. The highest BCUT2D eigenvalue weighted by Crippen LogP contribution is 2.27. The summed E-state index contributed by atoms with van der Waals surface area (Å²) in [4.78, 5) is 43.3. The molecule has 2 N–H and O–H groups in total. The fourth-order valence-electron chi connectivity index (χ4n) is 3.36. The Labute approximate surface area is 226 Å². The van der Waals surface area contributed by atoms with E-state index in [1.54, 1.807) is 19.2 Å². The summed E-state index contributed by atoms with van der Waals surface area (Å²) < 4.78 is 33.9. The molecule has 9 nitrogen and oxygen atoms in total. The van der Waals surface area contributed by atoms with Gasteiger partial charge >= 0.3 is 0 Å². The van der Waals surface area contributed by atoms with Crippen LogP contribution >= 0.6 is 23.4 Å². The van der Waals surface area contributed by atoms with Crippen LogP contribution in [0.3, 0.4) is 0 Å². The molecule has 0 radical (unpaired) electrons. The highest BCUT2D eigenvalue weighted by atomic mass is 35.5. The highest BCUT2D eigenvalue weighted by Gasteiger charge is 2.21. The lowest BCUT2D eigenvalue weighted by atomic mass is 10.1. The van der Waals surface area contributed by atoms with Crippen LogP contribution in [0.2, 0.25) is 5.02 Å². The molecule has 0 unspecified atom stereocenters. The average molecular weight is 567 g/mol. The van der Waals surface area contributed by atoms with E-state index in [0.29, 0.717) is 17.3 Å². The summed E-state index contributed by atoms with van der Waals surface area (Å²) in [5.41, 5.74) is 0.473. The number of rotatable bonds is 9. The summed E-state index contributed by atoms with van der Waals surface area (Å²) >= 11 is 7.39. The summed E-state index contributed by atoms with van der Waals surface area (Å²) in [5.74, 6) is -2.91. The van der Waals surface area contributed by atoms with Crippen molar-refractivity contribution in [2.45, 2.75) is 24.8 Å². The fraction of sp³-hybridized carbons (Fsp3) is 0.280. The number of aromatic nitrogens is 2. The van der Waals surface area contributed by atoms with Crippen molar-refractivity contribution in [2.24, 2.45) is 0 Å². The molecule has 0 aliphatic carbocycles. The molecule has 3 aromatic rings. The molecule has 3 rings (SSSR count). The van der Waals surface area contributed by atoms with Crippen molar-refractivity contribution in [1.29, 1.82) is 0 Å². The number of aryl methyl sites for hydroxylation is 1. The van der Waals surface area contributed by atoms with Crippen molar-refractivity contribution in [2.75, 3.05) is 26.9 Å². The maximum atomic E-state index is 14.0. The molecule has 0 aliphatic heterocycles. The van der Waals surface area contributed by atoms with E-state index in [9.17, 15) is 28.3 Å². The first-order chi connectivity index (χ1) is 17.9. The van der Waals surface area contributed by atoms with E-state index in [1.165, 1.54) is 41.8 Å². The minimum absolute atomic E-state index is 0.0473. The molecule has 202 valence electrons. The molecule has 0 spiro atoms. The molecule has 0 saturated carbocycles. The zero-order valence-corrected chi connectivity index (χ0v) is 22.5. The van der Waals surface area contributed by atoms with E-state index in [0.717, 1.165) is 17.8 Å². The van der Waals surface area contributed by atoms with E-state index in [2.05, 4.69) is 10.3 Å². The number of aliphatic hydroxyl groups is 1. The molecule has 1 atom stereocenters. The molecular formula is C25H25ClF2N4O5S. The topological polar surface area (TPSA) is 114 Å². The maximum absolute atomic E-state index is 14.0. The van der Waals surface area contributed by atoms with Gasteiger partial charge in [0.2, 0.25) is 5.88 Å². The van der Waals surface area contributed by atoms with Crippen molar-refractivity contribution in [1.82, 2.24) is 19.8 Å². The number of carbonyl (C=O) groups excluding carboxylic acids is 2. The van der Waals surface area contributed by atoms with Crippen LogP contribution < -0.4 is 15.6 Å². The number of thioether (sulfide) groups is 1. The van der Waals surface area contributed by atoms with Gasteiger partial charge in [-0.1, -0.05) is 29.4 Å². The minimum atomic E-state index is -1.41. The van der Waals surface area contributed by atoms with Crippen molar-refractivity contribution in [3.8, 4) is 11.6 Å². The normalized spacial score (nSPS) is 11.7. The van der Waals surface area contributed by atoms with E-state index in [4.69, 9.17) is 16.3 Å². The molecule has 0 saturated heterocycles. The molecule has 0 bridgehead atoms. The van der Waals surface area contributed by atoms with Gasteiger partial charge in [0, 0.05) is 31.3 Å². The summed E-state index contributed by atoms with van der Waals surface area (Å²) in [6, 6.07) is 7.61. The third-order valence-corrected chi connectivity index (χ3v) is 6.39. The number of likely N-dealkylation sites (N-methyl/N-ethyl adjacent to an activating group) is 1. The van der Waals surface area contributed by atoms with Crippen LogP contribution in [0.15, 0.2) is 46.3 Å². The van der Waals surface area contributed by atoms with Gasteiger partial charge in [-0.25, -0.2) is 8.78 Å². The van der Waals surface area contributed by atoms with Crippen LogP contribution in [0.1, 0.15) is 21.5 Å². The van der Waals surface area contributed by atoms with E-state index >= 15 is 0 Å². The quantitative estimate of drug-likeness (QED) is 0.302. The molecule has 0 fully saturated rings. The molecule has 2 amide bonds. The van der Waals surface area contributed by atoms with Crippen LogP contribution in [-0.4, -0.2) is 64.4 Å². The Hall–Kier alpha value is -3.48. The van der Waals surface area contributed by atoms with Crippen LogP contribution in [0.25, 0.3) is 5.69 Å². The molecule has 1 aromatic heterocycles. The number of amides is 2. The van der Waals surface area contributed by atoms with Crippen molar-refractivity contribution < 1.29 is 28.2 Å². The number of carbonyl (C=O) groups is 2. The monoisotopic (exact) mass is 566 g/mol. The van der Waals surface area contributed by atoms with Crippen LogP contribution in [-0.2, 0) is 11.4 Å². The Morgan fingerprint density at radius 1 is 1.24 bits per heavy atom. The first-order valence-corrected chi connectivity index (χ1v) is 12.8. The largest absolute Gasteiger partial charge is 0.471 e. The maximum Gasteiger partial charge on any atom is 0.281 e. The van der Waals surface area contributed by atoms with Gasteiger partial charge in [0.1, 0.15) is 24.3 Å². The van der Waals surface area contributed by atoms with E-state index < -0.39 is 35.1 Å². The van der Waals surface area contributed by atoms with Gasteiger partial charge in [-0.05, 0) is 43.0 Å². The first kappa shape index (κ1) is 29.1. The lowest BCUT2D eigenvalue weighted by Crippen LogP contribution is -2.42. The Kier molecular flexibility index (Phi) is 9.47. The Morgan fingerprint density at radius 3 is 2.58 bits per heavy atom. The average Bonchev–Trinajstić information content (AvgIpc) is 2.88. The second kappa shape index (κ2) is 12.4. The predicted molar refractivity (Wildman–Crippen MR) is 139 cm³/mol. The van der Waals surface area contributed by atoms with Crippen molar-refractivity contribution in [3.05, 3.63) is 80.1 Å². The van der Waals surface area contributed by atoms with Gasteiger partial charge in [0.25, 0.3) is 17.4 Å². The van der Waals surface area contributed by atoms with Gasteiger partial charge < -0.3 is 20.1 Å². The number of hydrogen-bond acceptors (Lipinski definition) is 7. The zero-order chi connectivity index (χ0) is 28.1. The van der Waals surface area contributed by atoms with Gasteiger partial charge in [0.05, 0.1) is 12.2 Å². The van der Waals surface area contributed by atoms with Gasteiger partial charge in [-0.2, -0.15) is 4.98 Å². The van der Waals surface area contributed by atoms with Gasteiger partial charge in [-0.3, -0.25) is 19.0 Å². The third-order valence-electron chi connectivity index (χ3n) is 5.42. The molecular weight excluding hydrogens is 542 g/mol. The standard InChI is InChI=1S/C25H25ClF2N4O5S/c1-13-5-6-14(21(34)29-11-19(33)23(35)31(2)3)9-18(13)32-24(36)20(26)22(30-25(32)38-4)37-12-15-7-8-16(27)10-17(15)28/h5-10,19,33H,11-12H2,1-4H3,(H,29,34)/t19-/m0/s1. The highest BCUT2D eigenvalue weighted by molar-refractivity contribution is 7.98. The number of ether oxygens (including phenoxy) is 1. The molecule has 38 heavy (non-hydrogen) atoms. The number of nitrogens with zero attached hydrogens (tertiary/aromatic N) is 3.